The van der Waals surface area contributed by atoms with E-state index in [1.807, 2.05) is 12.2 Å². The summed E-state index contributed by atoms with van der Waals surface area (Å²) in [5.41, 5.74) is -5.46. The Balaban J connectivity index is 1.01. The molecule has 6 aliphatic carbocycles. The smallest absolute Gasteiger partial charge is 0.185 e. The Morgan fingerprint density at radius 3 is 1.23 bits per heavy atom. The van der Waals surface area contributed by atoms with Crippen LogP contribution in [0, 0.1) is 46.3 Å². The molecule has 6 rings (SSSR count). The van der Waals surface area contributed by atoms with Crippen molar-refractivity contribution >= 4 is 0 Å². The van der Waals surface area contributed by atoms with Crippen LogP contribution in [0.25, 0.3) is 0 Å². The second kappa shape index (κ2) is 21.4. The van der Waals surface area contributed by atoms with Crippen LogP contribution in [0.2, 0.25) is 0 Å². The van der Waals surface area contributed by atoms with Crippen LogP contribution in [0.3, 0.4) is 0 Å². The molecule has 1 nitrogen and oxygen atoms in total. The largest absolute Gasteiger partial charge is 0.380 e. The Bertz CT molecular complexity index is 1220. The van der Waals surface area contributed by atoms with E-state index < -0.39 is 33.8 Å². The predicted molar refractivity (Wildman–Crippen MR) is 231 cm³/mol. The lowest BCUT2D eigenvalue weighted by Gasteiger charge is -2.53. The van der Waals surface area contributed by atoms with Crippen molar-refractivity contribution in [3.05, 3.63) is 48.1 Å². The highest BCUT2D eigenvalue weighted by atomic mass is 19.2. The Hall–Kier alpha value is -1.36. The number of hydrogen-bond acceptors (Lipinski definition) is 1. The van der Waals surface area contributed by atoms with Gasteiger partial charge in [0.15, 0.2) is 11.3 Å². The van der Waals surface area contributed by atoms with Gasteiger partial charge in [0.2, 0.25) is 0 Å². The van der Waals surface area contributed by atoms with Crippen LogP contribution in [-0.4, -0.2) is 24.6 Å². The molecule has 0 aliphatic heterocycles. The van der Waals surface area contributed by atoms with Gasteiger partial charge < -0.3 is 4.74 Å². The summed E-state index contributed by atoms with van der Waals surface area (Å²) in [5, 5.41) is 0. The van der Waals surface area contributed by atoms with Crippen LogP contribution in [-0.2, 0) is 4.74 Å². The van der Waals surface area contributed by atoms with Crippen LogP contribution >= 0.6 is 0 Å². The van der Waals surface area contributed by atoms with E-state index in [2.05, 4.69) is 13.8 Å². The highest BCUT2D eigenvalue weighted by molar-refractivity contribution is 5.35. The van der Waals surface area contributed by atoms with Gasteiger partial charge in [0.25, 0.3) is 0 Å². The first-order chi connectivity index (χ1) is 27.7. The lowest BCUT2D eigenvalue weighted by molar-refractivity contribution is -0.0591. The third kappa shape index (κ3) is 10.4. The molecule has 0 aromatic carbocycles. The first-order valence-electron chi connectivity index (χ1n) is 24.8. The number of unbranched alkanes of at least 4 members (excludes halogenated alkanes) is 8. The van der Waals surface area contributed by atoms with Gasteiger partial charge in [-0.3, -0.25) is 0 Å². The molecule has 0 spiro atoms. The molecule has 0 heterocycles. The number of halogens is 4. The van der Waals surface area contributed by atoms with Crippen LogP contribution in [0.4, 0.5) is 17.6 Å². The molecule has 5 heteroatoms. The average molecular weight is 799 g/mol. The summed E-state index contributed by atoms with van der Waals surface area (Å²) in [4.78, 5) is 0. The highest BCUT2D eigenvalue weighted by Gasteiger charge is 2.60. The molecule has 4 atom stereocenters. The van der Waals surface area contributed by atoms with Gasteiger partial charge in [-0.1, -0.05) is 167 Å². The second-order valence-corrected chi connectivity index (χ2v) is 20.3. The van der Waals surface area contributed by atoms with Crippen molar-refractivity contribution in [3.63, 3.8) is 0 Å². The van der Waals surface area contributed by atoms with Crippen molar-refractivity contribution in [1.29, 1.82) is 0 Å². The van der Waals surface area contributed by atoms with Gasteiger partial charge in [-0.15, -0.1) is 0 Å². The zero-order valence-electron chi connectivity index (χ0n) is 36.5. The molecule has 0 amide bonds. The van der Waals surface area contributed by atoms with Crippen molar-refractivity contribution in [2.45, 2.75) is 218 Å². The monoisotopic (exact) mass is 799 g/mol. The Labute approximate surface area is 346 Å². The summed E-state index contributed by atoms with van der Waals surface area (Å²) >= 11 is 0. The maximum Gasteiger partial charge on any atom is 0.185 e. The van der Waals surface area contributed by atoms with Crippen LogP contribution in [0.15, 0.2) is 48.1 Å². The van der Waals surface area contributed by atoms with Crippen LogP contribution < -0.4 is 0 Å². The van der Waals surface area contributed by atoms with E-state index in [4.69, 9.17) is 4.74 Å². The summed E-state index contributed by atoms with van der Waals surface area (Å²) in [5.74, 6) is -0.129. The molecule has 0 bridgehead atoms. The lowest BCUT2D eigenvalue weighted by atomic mass is 9.53. The second-order valence-electron chi connectivity index (χ2n) is 20.3. The third-order valence-corrected chi connectivity index (χ3v) is 16.8. The summed E-state index contributed by atoms with van der Waals surface area (Å²) in [6.45, 7) is 4.91. The Morgan fingerprint density at radius 1 is 0.509 bits per heavy atom. The molecule has 0 aromatic heterocycles. The minimum atomic E-state index is -2.06. The van der Waals surface area contributed by atoms with Crippen molar-refractivity contribution < 1.29 is 22.3 Å². The SMILES string of the molecule is CCCCCCC[C@H]1CC[C@H](C2([C@@]3(F)C=C[C@@H](COC[C@@H]4C=C[C@](F)(C5([C@H]6CC[C@H](CCCCCCC)CC6)CCCCC5)C(F)=C4)C=C3F)CCCCC2)CC1. The summed E-state index contributed by atoms with van der Waals surface area (Å²) < 4.78 is 73.4. The van der Waals surface area contributed by atoms with Crippen molar-refractivity contribution in [2.75, 3.05) is 13.2 Å². The molecular weight excluding hydrogens is 717 g/mol. The van der Waals surface area contributed by atoms with Gasteiger partial charge in [0.05, 0.1) is 13.2 Å². The van der Waals surface area contributed by atoms with Gasteiger partial charge in [0.1, 0.15) is 11.7 Å². The quantitative estimate of drug-likeness (QED) is 0.0677. The maximum absolute atomic E-state index is 17.4. The van der Waals surface area contributed by atoms with E-state index in [1.165, 1.54) is 89.2 Å². The molecule has 0 unspecified atom stereocenters. The molecule has 4 saturated carbocycles. The predicted octanol–water partition coefficient (Wildman–Crippen LogP) is 16.7. The van der Waals surface area contributed by atoms with Gasteiger partial charge in [-0.25, -0.2) is 17.6 Å². The molecule has 57 heavy (non-hydrogen) atoms. The van der Waals surface area contributed by atoms with Gasteiger partial charge >= 0.3 is 0 Å². The van der Waals surface area contributed by atoms with Crippen molar-refractivity contribution in [2.24, 2.45) is 46.3 Å². The van der Waals surface area contributed by atoms with E-state index in [0.29, 0.717) is 0 Å². The van der Waals surface area contributed by atoms with Crippen LogP contribution in [0.5, 0.6) is 0 Å². The standard InChI is InChI=1S/C52H82F4O/c1-3-5-7-9-13-19-41-21-25-45(26-22-41)49(31-15-11-16-32-49)51(55)35-29-43(37-47(51)53)39-57-40-44-30-36-52(56,48(54)38-44)50(33-17-12-18-34-50)46-27-23-42(24-28-46)20-14-10-8-6-4-2/h29-30,35-38,41-46H,3-28,31-34,39-40H2,1-2H3/t41-,42-,43-,44-,45-,46-,51-,52-/m1/s1. The zero-order valence-corrected chi connectivity index (χ0v) is 36.5. The van der Waals surface area contributed by atoms with Crippen LogP contribution in [0.1, 0.15) is 206 Å². The molecule has 0 radical (unpaired) electrons. The minimum absolute atomic E-state index is 0.197. The fourth-order valence-corrected chi connectivity index (χ4v) is 13.3. The third-order valence-electron chi connectivity index (χ3n) is 16.8. The van der Waals surface area contributed by atoms with E-state index in [9.17, 15) is 0 Å². The van der Waals surface area contributed by atoms with Gasteiger partial charge in [0, 0.05) is 22.7 Å². The Morgan fingerprint density at radius 2 is 0.877 bits per heavy atom. The fourth-order valence-electron chi connectivity index (χ4n) is 13.3. The summed E-state index contributed by atoms with van der Waals surface area (Å²) in [7, 11) is 0. The van der Waals surface area contributed by atoms with Crippen molar-refractivity contribution in [1.82, 2.24) is 0 Å². The van der Waals surface area contributed by atoms with E-state index in [-0.39, 0.29) is 36.9 Å². The number of hydrogen-bond donors (Lipinski definition) is 0. The highest BCUT2D eigenvalue weighted by Crippen LogP contribution is 2.62. The van der Waals surface area contributed by atoms with E-state index in [1.54, 1.807) is 12.2 Å². The summed E-state index contributed by atoms with van der Waals surface area (Å²) in [6.07, 6.45) is 43.1. The first kappa shape index (κ1) is 45.2. The van der Waals surface area contributed by atoms with Gasteiger partial charge in [-0.05, 0) is 99.3 Å². The topological polar surface area (TPSA) is 9.23 Å². The molecule has 0 N–H and O–H groups in total. The normalized spacial score (nSPS) is 35.5. The van der Waals surface area contributed by atoms with E-state index in [0.717, 1.165) is 127 Å². The van der Waals surface area contributed by atoms with Crippen molar-refractivity contribution in [3.8, 4) is 0 Å². The molecule has 4 fully saturated rings. The summed E-state index contributed by atoms with van der Waals surface area (Å²) in [6, 6.07) is 0. The zero-order chi connectivity index (χ0) is 40.2. The Kier molecular flexibility index (Phi) is 17.0. The molecular formula is C52H82F4O. The molecule has 0 saturated heterocycles. The van der Waals surface area contributed by atoms with E-state index >= 15 is 17.6 Å². The molecule has 0 aromatic rings. The first-order valence-corrected chi connectivity index (χ1v) is 24.8. The number of ether oxygens (including phenoxy) is 1. The minimum Gasteiger partial charge on any atom is -0.380 e. The fraction of sp³-hybridized carbons (Fsp3) is 0.846. The lowest BCUT2D eigenvalue weighted by Crippen LogP contribution is -2.52. The number of alkyl halides is 2. The number of allylic oxidation sites excluding steroid dienone is 4. The molecule has 324 valence electrons. The maximum atomic E-state index is 17.4. The number of rotatable bonds is 20. The van der Waals surface area contributed by atoms with Gasteiger partial charge in [-0.2, -0.15) is 0 Å². The molecule has 6 aliphatic rings. The average Bonchev–Trinajstić information content (AvgIpc) is 3.24.